The monoisotopic (exact) mass is 138 g/mol. The largest absolute Gasteiger partial charge is 0.383 e. The van der Waals surface area contributed by atoms with Gasteiger partial charge in [-0.25, -0.2) is 0 Å². The third-order valence-electron chi connectivity index (χ3n) is 1.71. The molecule has 0 fully saturated rings. The van der Waals surface area contributed by atoms with E-state index in [-0.39, 0.29) is 0 Å². The Morgan fingerprint density at radius 2 is 2.50 bits per heavy atom. The summed E-state index contributed by atoms with van der Waals surface area (Å²) in [5, 5.41) is 6.39. The number of likely N-dealkylation sites (N-methyl/N-ethyl adjacent to an activating group) is 1. The van der Waals surface area contributed by atoms with Crippen LogP contribution in [0.15, 0.2) is 23.9 Å². The van der Waals surface area contributed by atoms with Gasteiger partial charge >= 0.3 is 0 Å². The van der Waals surface area contributed by atoms with Gasteiger partial charge in [-0.15, -0.1) is 0 Å². The van der Waals surface area contributed by atoms with Gasteiger partial charge in [0.1, 0.15) is 0 Å². The van der Waals surface area contributed by atoms with E-state index in [2.05, 4.69) is 23.6 Å². The van der Waals surface area contributed by atoms with Crippen LogP contribution >= 0.6 is 0 Å². The standard InChI is InChI=1S/C8H14N2/c1-7-4-3-5-10-8(7)6-9-2/h3-5,8-10H,6H2,1-2H3. The molecule has 1 heterocycles. The normalized spacial score (nSPS) is 23.8. The topological polar surface area (TPSA) is 24.1 Å². The highest BCUT2D eigenvalue weighted by Gasteiger charge is 2.07. The van der Waals surface area contributed by atoms with E-state index in [1.165, 1.54) is 5.57 Å². The summed E-state index contributed by atoms with van der Waals surface area (Å²) in [7, 11) is 1.97. The van der Waals surface area contributed by atoms with Gasteiger partial charge in [0.05, 0.1) is 6.04 Å². The molecule has 0 aromatic heterocycles. The second-order valence-electron chi connectivity index (χ2n) is 2.55. The number of hydrogen-bond donors (Lipinski definition) is 2. The second-order valence-corrected chi connectivity index (χ2v) is 2.55. The van der Waals surface area contributed by atoms with E-state index < -0.39 is 0 Å². The lowest BCUT2D eigenvalue weighted by atomic mass is 10.1. The predicted molar refractivity (Wildman–Crippen MR) is 43.7 cm³/mol. The van der Waals surface area contributed by atoms with Crippen LogP contribution in [0.2, 0.25) is 0 Å². The summed E-state index contributed by atoms with van der Waals surface area (Å²) in [6.07, 6.45) is 6.15. The van der Waals surface area contributed by atoms with Crippen molar-refractivity contribution in [2.24, 2.45) is 0 Å². The molecule has 1 unspecified atom stereocenters. The number of rotatable bonds is 2. The van der Waals surface area contributed by atoms with Crippen LogP contribution in [0.1, 0.15) is 6.92 Å². The summed E-state index contributed by atoms with van der Waals surface area (Å²) >= 11 is 0. The first-order chi connectivity index (χ1) is 4.84. The SMILES string of the molecule is CNCC1NC=CC=C1C. The molecular weight excluding hydrogens is 124 g/mol. The molecule has 0 aromatic carbocycles. The molecule has 0 radical (unpaired) electrons. The Kier molecular flexibility index (Phi) is 2.51. The first-order valence-electron chi connectivity index (χ1n) is 3.58. The van der Waals surface area contributed by atoms with Crippen molar-refractivity contribution in [1.29, 1.82) is 0 Å². The Hall–Kier alpha value is -0.760. The fourth-order valence-electron chi connectivity index (χ4n) is 1.04. The minimum Gasteiger partial charge on any atom is -0.383 e. The van der Waals surface area contributed by atoms with Gasteiger partial charge in [0, 0.05) is 6.54 Å². The van der Waals surface area contributed by atoms with E-state index in [1.807, 2.05) is 19.3 Å². The van der Waals surface area contributed by atoms with Crippen molar-refractivity contribution < 1.29 is 0 Å². The highest BCUT2D eigenvalue weighted by molar-refractivity contribution is 5.21. The van der Waals surface area contributed by atoms with Gasteiger partial charge in [-0.1, -0.05) is 6.08 Å². The molecule has 2 nitrogen and oxygen atoms in total. The zero-order valence-electron chi connectivity index (χ0n) is 6.52. The molecule has 1 aliphatic heterocycles. The maximum atomic E-state index is 3.26. The molecule has 0 amide bonds. The lowest BCUT2D eigenvalue weighted by Crippen LogP contribution is -2.36. The number of nitrogens with one attached hydrogen (secondary N) is 2. The molecule has 1 atom stereocenters. The maximum absolute atomic E-state index is 3.26. The highest BCUT2D eigenvalue weighted by atomic mass is 15.0. The van der Waals surface area contributed by atoms with E-state index >= 15 is 0 Å². The van der Waals surface area contributed by atoms with Crippen molar-refractivity contribution in [1.82, 2.24) is 10.6 Å². The van der Waals surface area contributed by atoms with Crippen molar-refractivity contribution in [2.75, 3.05) is 13.6 Å². The van der Waals surface area contributed by atoms with E-state index in [0.717, 1.165) is 6.54 Å². The second kappa shape index (κ2) is 3.42. The minimum atomic E-state index is 0.481. The van der Waals surface area contributed by atoms with Crippen molar-refractivity contribution >= 4 is 0 Å². The van der Waals surface area contributed by atoms with E-state index in [4.69, 9.17) is 0 Å². The molecule has 0 saturated heterocycles. The molecule has 0 bridgehead atoms. The van der Waals surface area contributed by atoms with Crippen LogP contribution in [-0.2, 0) is 0 Å². The van der Waals surface area contributed by atoms with Crippen LogP contribution in [0.4, 0.5) is 0 Å². The molecule has 0 saturated carbocycles. The van der Waals surface area contributed by atoms with Crippen molar-refractivity contribution in [3.05, 3.63) is 23.9 Å². The molecule has 2 N–H and O–H groups in total. The van der Waals surface area contributed by atoms with E-state index in [0.29, 0.717) is 6.04 Å². The quantitative estimate of drug-likeness (QED) is 0.585. The van der Waals surface area contributed by atoms with Gasteiger partial charge in [-0.2, -0.15) is 0 Å². The zero-order valence-corrected chi connectivity index (χ0v) is 6.52. The van der Waals surface area contributed by atoms with Crippen LogP contribution in [0.3, 0.4) is 0 Å². The van der Waals surface area contributed by atoms with Crippen LogP contribution in [0.5, 0.6) is 0 Å². The lowest BCUT2D eigenvalue weighted by Gasteiger charge is -2.20. The zero-order chi connectivity index (χ0) is 7.40. The van der Waals surface area contributed by atoms with Crippen LogP contribution < -0.4 is 10.6 Å². The molecule has 0 aliphatic carbocycles. The lowest BCUT2D eigenvalue weighted by molar-refractivity contribution is 0.609. The first-order valence-corrected chi connectivity index (χ1v) is 3.58. The number of hydrogen-bond acceptors (Lipinski definition) is 2. The number of dihydropyridines is 1. The van der Waals surface area contributed by atoms with Crippen molar-refractivity contribution in [3.8, 4) is 0 Å². The molecule has 56 valence electrons. The third kappa shape index (κ3) is 1.61. The smallest absolute Gasteiger partial charge is 0.0593 e. The van der Waals surface area contributed by atoms with Gasteiger partial charge in [0.25, 0.3) is 0 Å². The first kappa shape index (κ1) is 7.35. The average Bonchev–Trinajstić information content (AvgIpc) is 1.94. The molecule has 2 heteroatoms. The van der Waals surface area contributed by atoms with Gasteiger partial charge in [-0.3, -0.25) is 0 Å². The summed E-state index contributed by atoms with van der Waals surface area (Å²) in [5.74, 6) is 0. The van der Waals surface area contributed by atoms with E-state index in [9.17, 15) is 0 Å². The Bertz CT molecular complexity index is 159. The summed E-state index contributed by atoms with van der Waals surface area (Å²) in [5.41, 5.74) is 1.39. The maximum Gasteiger partial charge on any atom is 0.0593 e. The fourth-order valence-corrected chi connectivity index (χ4v) is 1.04. The summed E-state index contributed by atoms with van der Waals surface area (Å²) in [4.78, 5) is 0. The Labute approximate surface area is 62.0 Å². The molecular formula is C8H14N2. The summed E-state index contributed by atoms with van der Waals surface area (Å²) in [6.45, 7) is 3.13. The summed E-state index contributed by atoms with van der Waals surface area (Å²) in [6, 6.07) is 0.481. The summed E-state index contributed by atoms with van der Waals surface area (Å²) < 4.78 is 0. The van der Waals surface area contributed by atoms with Crippen LogP contribution in [0.25, 0.3) is 0 Å². The molecule has 0 spiro atoms. The molecule has 1 aliphatic rings. The molecule has 1 rings (SSSR count). The van der Waals surface area contributed by atoms with Crippen LogP contribution in [-0.4, -0.2) is 19.6 Å². The fraction of sp³-hybridized carbons (Fsp3) is 0.500. The predicted octanol–water partition coefficient (Wildman–Crippen LogP) is 0.638. The van der Waals surface area contributed by atoms with E-state index in [1.54, 1.807) is 0 Å². The van der Waals surface area contributed by atoms with Crippen molar-refractivity contribution in [3.63, 3.8) is 0 Å². The van der Waals surface area contributed by atoms with Gasteiger partial charge < -0.3 is 10.6 Å². The average molecular weight is 138 g/mol. The Morgan fingerprint density at radius 1 is 1.70 bits per heavy atom. The molecule has 0 aromatic rings. The highest BCUT2D eigenvalue weighted by Crippen LogP contribution is 2.04. The molecule has 10 heavy (non-hydrogen) atoms. The Morgan fingerprint density at radius 3 is 3.10 bits per heavy atom. The number of allylic oxidation sites excluding steroid dienone is 2. The third-order valence-corrected chi connectivity index (χ3v) is 1.71. The van der Waals surface area contributed by atoms with Gasteiger partial charge in [0.2, 0.25) is 0 Å². The van der Waals surface area contributed by atoms with Crippen molar-refractivity contribution in [2.45, 2.75) is 13.0 Å². The van der Waals surface area contributed by atoms with Crippen LogP contribution in [0, 0.1) is 0 Å². The minimum absolute atomic E-state index is 0.481. The van der Waals surface area contributed by atoms with Gasteiger partial charge in [0.15, 0.2) is 0 Å². The Balaban J connectivity index is 2.47. The van der Waals surface area contributed by atoms with Gasteiger partial charge in [-0.05, 0) is 31.8 Å².